The largest absolute Gasteiger partial charge is 0.231 e. The number of nitrogens with zero attached hydrogens (tertiary/aromatic N) is 3. The van der Waals surface area contributed by atoms with E-state index in [-0.39, 0.29) is 0 Å². The Kier molecular flexibility index (Phi) is 1.35. The summed E-state index contributed by atoms with van der Waals surface area (Å²) in [5, 5.41) is 7.23. The van der Waals surface area contributed by atoms with Crippen molar-refractivity contribution in [1.82, 2.24) is 0 Å². The second-order valence-corrected chi connectivity index (χ2v) is 1.32. The van der Waals surface area contributed by atoms with E-state index in [1.165, 1.54) is 12.4 Å². The fourth-order valence-electron chi connectivity index (χ4n) is 0.336. The minimum atomic E-state index is 0.659. The van der Waals surface area contributed by atoms with Gasteiger partial charge in [0.25, 0.3) is 0 Å². The van der Waals surface area contributed by atoms with Crippen LogP contribution in [-0.4, -0.2) is 5.84 Å². The van der Waals surface area contributed by atoms with Crippen LogP contribution in [0.4, 0.5) is 0 Å². The van der Waals surface area contributed by atoms with Gasteiger partial charge in [-0.05, 0) is 6.92 Å². The molecule has 0 radical (unpaired) electrons. The third-order valence-corrected chi connectivity index (χ3v) is 0.661. The lowest BCUT2D eigenvalue weighted by molar-refractivity contribution is 1.27. The van der Waals surface area contributed by atoms with Crippen LogP contribution >= 0.6 is 0 Å². The number of hydrogen-bond acceptors (Lipinski definition) is 3. The van der Waals surface area contributed by atoms with Crippen LogP contribution < -0.4 is 0 Å². The molecule has 0 aromatic carbocycles. The highest BCUT2D eigenvalue weighted by molar-refractivity contribution is 5.80. The van der Waals surface area contributed by atoms with E-state index in [9.17, 15) is 0 Å². The molecule has 40 valence electrons. The second-order valence-electron chi connectivity index (χ2n) is 1.32. The minimum absolute atomic E-state index is 0.659. The van der Waals surface area contributed by atoms with Gasteiger partial charge in [0.15, 0.2) is 0 Å². The van der Waals surface area contributed by atoms with Crippen LogP contribution in [0, 0.1) is 0 Å². The number of aliphatic imine (C=N–C) groups is 1. The van der Waals surface area contributed by atoms with Gasteiger partial charge in [0.1, 0.15) is 5.84 Å². The summed E-state index contributed by atoms with van der Waals surface area (Å²) in [7, 11) is 0. The Bertz CT molecular complexity index is 194. The molecule has 1 aliphatic rings. The third-order valence-electron chi connectivity index (χ3n) is 0.661. The molecule has 0 spiro atoms. The number of rotatable bonds is 0. The van der Waals surface area contributed by atoms with Crippen molar-refractivity contribution in [3.05, 3.63) is 18.1 Å². The summed E-state index contributed by atoms with van der Waals surface area (Å²) in [6.07, 6.45) is 3.01. The average molecular weight is 107 g/mol. The molecule has 0 fully saturated rings. The molecule has 3 nitrogen and oxygen atoms in total. The lowest BCUT2D eigenvalue weighted by Gasteiger charge is -1.77. The Morgan fingerprint density at radius 1 is 1.50 bits per heavy atom. The molecule has 0 saturated carbocycles. The molecule has 0 aromatic rings. The summed E-state index contributed by atoms with van der Waals surface area (Å²) in [6.45, 7) is 1.78. The normalized spacial score (nSPS) is 15.9. The Morgan fingerprint density at radius 3 is 3.25 bits per heavy atom. The summed E-state index contributed by atoms with van der Waals surface area (Å²) in [5.74, 6) is 0.659. The molecule has 8 heavy (non-hydrogen) atoms. The van der Waals surface area contributed by atoms with Crippen molar-refractivity contribution in [2.75, 3.05) is 0 Å². The van der Waals surface area contributed by atoms with Gasteiger partial charge in [0.2, 0.25) is 0 Å². The highest BCUT2D eigenvalue weighted by Gasteiger charge is 1.80. The van der Waals surface area contributed by atoms with Gasteiger partial charge in [0, 0.05) is 0 Å². The molecule has 1 heterocycles. The van der Waals surface area contributed by atoms with E-state index in [4.69, 9.17) is 0 Å². The van der Waals surface area contributed by atoms with Gasteiger partial charge in [0.05, 0.1) is 12.4 Å². The van der Waals surface area contributed by atoms with Crippen molar-refractivity contribution in [2.45, 2.75) is 6.92 Å². The van der Waals surface area contributed by atoms with Crippen LogP contribution in [-0.2, 0) is 0 Å². The molecular weight excluding hydrogens is 102 g/mol. The molecule has 0 aromatic heterocycles. The quantitative estimate of drug-likeness (QED) is 0.421. The van der Waals surface area contributed by atoms with Crippen LogP contribution in [0.5, 0.6) is 0 Å². The first-order valence-corrected chi connectivity index (χ1v) is 2.24. The topological polar surface area (TPSA) is 37.1 Å². The summed E-state index contributed by atoms with van der Waals surface area (Å²) in [5.41, 5.74) is 2.68. The van der Waals surface area contributed by atoms with E-state index in [0.29, 0.717) is 5.84 Å². The van der Waals surface area contributed by atoms with Crippen LogP contribution in [0.2, 0.25) is 0 Å². The number of azo groups is 1. The molecule has 0 N–H and O–H groups in total. The molecule has 0 saturated heterocycles. The predicted molar refractivity (Wildman–Crippen MR) is 30.6 cm³/mol. The first-order chi connectivity index (χ1) is 3.89. The Hall–Kier alpha value is -1.21. The van der Waals surface area contributed by atoms with Crippen molar-refractivity contribution in [2.24, 2.45) is 15.2 Å². The smallest absolute Gasteiger partial charge is 0.148 e. The maximum Gasteiger partial charge on any atom is 0.148 e. The minimum Gasteiger partial charge on any atom is -0.231 e. The highest BCUT2D eigenvalue weighted by Crippen LogP contribution is 1.87. The number of hydrogen-bond donors (Lipinski definition) is 0. The molecule has 1 aliphatic heterocycles. The monoisotopic (exact) mass is 107 g/mol. The van der Waals surface area contributed by atoms with Crippen LogP contribution in [0.25, 0.3) is 0 Å². The molecule has 0 atom stereocenters. The van der Waals surface area contributed by atoms with E-state index in [2.05, 4.69) is 21.0 Å². The summed E-state index contributed by atoms with van der Waals surface area (Å²) < 4.78 is 0. The maximum absolute atomic E-state index is 3.81. The van der Waals surface area contributed by atoms with Gasteiger partial charge in [-0.1, -0.05) is 5.73 Å². The molecule has 0 bridgehead atoms. The van der Waals surface area contributed by atoms with E-state index in [1.807, 2.05) is 0 Å². The van der Waals surface area contributed by atoms with Crippen LogP contribution in [0.3, 0.4) is 0 Å². The summed E-state index contributed by atoms with van der Waals surface area (Å²) in [6, 6.07) is 0. The van der Waals surface area contributed by atoms with E-state index in [1.54, 1.807) is 6.92 Å². The lowest BCUT2D eigenvalue weighted by atomic mass is 10.7. The van der Waals surface area contributed by atoms with Gasteiger partial charge in [-0.3, -0.25) is 0 Å². The summed E-state index contributed by atoms with van der Waals surface area (Å²) in [4.78, 5) is 3.81. The fourth-order valence-corrected chi connectivity index (χ4v) is 0.336. The number of amidine groups is 1. The molecule has 0 unspecified atom stereocenters. The van der Waals surface area contributed by atoms with Crippen molar-refractivity contribution < 1.29 is 0 Å². The van der Waals surface area contributed by atoms with Crippen LogP contribution in [0.15, 0.2) is 33.4 Å². The molecular formula is C5H5N3. The zero-order chi connectivity index (χ0) is 5.82. The Morgan fingerprint density at radius 2 is 2.38 bits per heavy atom. The van der Waals surface area contributed by atoms with Crippen molar-refractivity contribution in [3.63, 3.8) is 0 Å². The van der Waals surface area contributed by atoms with E-state index >= 15 is 0 Å². The molecule has 0 aliphatic carbocycles. The lowest BCUT2D eigenvalue weighted by Crippen LogP contribution is -1.77. The van der Waals surface area contributed by atoms with Gasteiger partial charge in [-0.2, -0.15) is 0 Å². The van der Waals surface area contributed by atoms with Crippen molar-refractivity contribution in [3.8, 4) is 0 Å². The van der Waals surface area contributed by atoms with E-state index < -0.39 is 0 Å². The fraction of sp³-hybridized carbons (Fsp3) is 0.200. The average Bonchev–Trinajstić information content (AvgIpc) is 1.94. The first kappa shape index (κ1) is 4.94. The summed E-state index contributed by atoms with van der Waals surface area (Å²) >= 11 is 0. The van der Waals surface area contributed by atoms with E-state index in [0.717, 1.165) is 0 Å². The SMILES string of the molecule is CC1=NC=C=CN=N1. The first-order valence-electron chi connectivity index (χ1n) is 2.24. The zero-order valence-corrected chi connectivity index (χ0v) is 4.50. The highest BCUT2D eigenvalue weighted by atomic mass is 15.1. The van der Waals surface area contributed by atoms with Gasteiger partial charge >= 0.3 is 0 Å². The predicted octanol–water partition coefficient (Wildman–Crippen LogP) is 1.50. The molecule has 3 heteroatoms. The van der Waals surface area contributed by atoms with Crippen molar-refractivity contribution >= 4 is 5.84 Å². The van der Waals surface area contributed by atoms with Gasteiger partial charge < -0.3 is 0 Å². The second kappa shape index (κ2) is 2.19. The standard InChI is InChI=1S/C5H5N3/c1-5-6-3-2-4-7-8-5/h3-4H,1H3. The Labute approximate surface area is 47.2 Å². The molecule has 1 rings (SSSR count). The third kappa shape index (κ3) is 1.13. The maximum atomic E-state index is 3.81. The Balaban J connectivity index is 2.90. The van der Waals surface area contributed by atoms with Gasteiger partial charge in [-0.25, -0.2) is 4.99 Å². The molecule has 0 amide bonds. The van der Waals surface area contributed by atoms with Gasteiger partial charge in [-0.15, -0.1) is 10.2 Å². The zero-order valence-electron chi connectivity index (χ0n) is 4.50. The van der Waals surface area contributed by atoms with Crippen LogP contribution in [0.1, 0.15) is 6.92 Å². The van der Waals surface area contributed by atoms with Crippen molar-refractivity contribution in [1.29, 1.82) is 0 Å².